The first-order valence-corrected chi connectivity index (χ1v) is 9.28. The minimum Gasteiger partial charge on any atom is -0.488 e. The third-order valence-electron chi connectivity index (χ3n) is 4.86. The molecule has 0 unspecified atom stereocenters. The zero-order valence-corrected chi connectivity index (χ0v) is 15.7. The number of aromatic nitrogens is 1. The first-order valence-electron chi connectivity index (χ1n) is 9.28. The number of carbonyl (C=O) groups is 1. The number of carbonyl (C=O) groups excluding carboxylic acids is 1. The van der Waals surface area contributed by atoms with Crippen molar-refractivity contribution in [3.63, 3.8) is 0 Å². The van der Waals surface area contributed by atoms with Crippen molar-refractivity contribution in [2.75, 3.05) is 19.7 Å². The summed E-state index contributed by atoms with van der Waals surface area (Å²) in [6.45, 7) is 5.35. The highest BCUT2D eigenvalue weighted by Gasteiger charge is 2.33. The molecule has 0 radical (unpaired) electrons. The number of hydrogen-bond acceptors (Lipinski definition) is 5. The molecule has 1 aromatic heterocycles. The van der Waals surface area contributed by atoms with Gasteiger partial charge in [-0.05, 0) is 32.0 Å². The molecule has 3 heterocycles. The standard InChI is InChI=1S/C21H24N2O4/c1-21(2)12-15-4-3-5-18(20(15)27-21)25-14-19(24)23-11-8-17(13-23)26-16-6-9-22-10-7-16/h3-7,9-10,17H,8,11-14H2,1-2H3/t17-/m0/s1. The number of amides is 1. The van der Waals surface area contributed by atoms with Crippen LogP contribution >= 0.6 is 0 Å². The summed E-state index contributed by atoms with van der Waals surface area (Å²) in [6.07, 6.45) is 5.05. The van der Waals surface area contributed by atoms with E-state index in [1.807, 2.05) is 30.3 Å². The van der Waals surface area contributed by atoms with Gasteiger partial charge in [0.15, 0.2) is 18.1 Å². The maximum absolute atomic E-state index is 12.5. The van der Waals surface area contributed by atoms with Crippen LogP contribution in [0.25, 0.3) is 0 Å². The zero-order valence-electron chi connectivity index (χ0n) is 15.7. The minimum atomic E-state index is -0.238. The van der Waals surface area contributed by atoms with Crippen LogP contribution in [-0.2, 0) is 11.2 Å². The second-order valence-corrected chi connectivity index (χ2v) is 7.62. The average molecular weight is 368 g/mol. The lowest BCUT2D eigenvalue weighted by Crippen LogP contribution is -2.34. The van der Waals surface area contributed by atoms with Gasteiger partial charge in [-0.1, -0.05) is 12.1 Å². The molecule has 6 heteroatoms. The fourth-order valence-electron chi connectivity index (χ4n) is 3.59. The molecule has 27 heavy (non-hydrogen) atoms. The molecule has 0 bridgehead atoms. The molecule has 1 fully saturated rings. The van der Waals surface area contributed by atoms with Crippen LogP contribution in [0.15, 0.2) is 42.7 Å². The molecule has 1 atom stereocenters. The van der Waals surface area contributed by atoms with Gasteiger partial charge < -0.3 is 19.1 Å². The highest BCUT2D eigenvalue weighted by molar-refractivity contribution is 5.78. The minimum absolute atomic E-state index is 0.00135. The van der Waals surface area contributed by atoms with E-state index < -0.39 is 0 Å². The molecule has 1 amide bonds. The quantitative estimate of drug-likeness (QED) is 0.812. The molecule has 2 aliphatic heterocycles. The first kappa shape index (κ1) is 17.6. The van der Waals surface area contributed by atoms with Crippen LogP contribution in [0.1, 0.15) is 25.8 Å². The van der Waals surface area contributed by atoms with Gasteiger partial charge in [0.2, 0.25) is 0 Å². The summed E-state index contributed by atoms with van der Waals surface area (Å²) >= 11 is 0. The number of nitrogens with zero attached hydrogens (tertiary/aromatic N) is 2. The summed E-state index contributed by atoms with van der Waals surface area (Å²) in [5.74, 6) is 2.14. The molecule has 0 aliphatic carbocycles. The van der Waals surface area contributed by atoms with Gasteiger partial charge >= 0.3 is 0 Å². The van der Waals surface area contributed by atoms with Gasteiger partial charge in [-0.2, -0.15) is 0 Å². The fourth-order valence-corrected chi connectivity index (χ4v) is 3.59. The fraction of sp³-hybridized carbons (Fsp3) is 0.429. The molecule has 1 aromatic carbocycles. The summed E-state index contributed by atoms with van der Waals surface area (Å²) < 4.78 is 17.7. The summed E-state index contributed by atoms with van der Waals surface area (Å²) in [7, 11) is 0. The van der Waals surface area contributed by atoms with Crippen LogP contribution < -0.4 is 14.2 Å². The van der Waals surface area contributed by atoms with E-state index in [-0.39, 0.29) is 24.2 Å². The van der Waals surface area contributed by atoms with Crippen LogP contribution in [0.2, 0.25) is 0 Å². The Morgan fingerprint density at radius 1 is 1.30 bits per heavy atom. The van der Waals surface area contributed by atoms with E-state index in [9.17, 15) is 4.79 Å². The van der Waals surface area contributed by atoms with E-state index in [4.69, 9.17) is 14.2 Å². The van der Waals surface area contributed by atoms with E-state index in [2.05, 4.69) is 18.8 Å². The number of para-hydroxylation sites is 1. The predicted molar refractivity (Wildman–Crippen MR) is 100 cm³/mol. The Kier molecular flexibility index (Phi) is 4.64. The lowest BCUT2D eigenvalue weighted by atomic mass is 10.0. The van der Waals surface area contributed by atoms with Crippen molar-refractivity contribution in [2.45, 2.75) is 38.4 Å². The molecular formula is C21H24N2O4. The first-order chi connectivity index (χ1) is 13.0. The van der Waals surface area contributed by atoms with Gasteiger partial charge in [0.25, 0.3) is 5.91 Å². The van der Waals surface area contributed by atoms with Crippen molar-refractivity contribution >= 4 is 5.91 Å². The van der Waals surface area contributed by atoms with Gasteiger partial charge in [-0.15, -0.1) is 0 Å². The molecule has 142 valence electrons. The predicted octanol–water partition coefficient (Wildman–Crippen LogP) is 2.85. The van der Waals surface area contributed by atoms with E-state index in [0.717, 1.165) is 29.9 Å². The Morgan fingerprint density at radius 3 is 2.93 bits per heavy atom. The topological polar surface area (TPSA) is 60.9 Å². The van der Waals surface area contributed by atoms with Crippen LogP contribution in [0.3, 0.4) is 0 Å². The maximum Gasteiger partial charge on any atom is 0.260 e. The Morgan fingerprint density at radius 2 is 2.11 bits per heavy atom. The Balaban J connectivity index is 1.32. The normalized spacial score (nSPS) is 20.1. The number of hydrogen-bond donors (Lipinski definition) is 0. The Labute approximate surface area is 159 Å². The summed E-state index contributed by atoms with van der Waals surface area (Å²) in [4.78, 5) is 18.3. The van der Waals surface area contributed by atoms with Crippen LogP contribution in [0.4, 0.5) is 0 Å². The van der Waals surface area contributed by atoms with Crippen LogP contribution in [0, 0.1) is 0 Å². The number of rotatable bonds is 5. The molecule has 2 aromatic rings. The average Bonchev–Trinajstić information content (AvgIpc) is 3.23. The molecule has 4 rings (SSSR count). The Bertz CT molecular complexity index is 822. The molecule has 0 saturated carbocycles. The molecule has 1 saturated heterocycles. The van der Waals surface area contributed by atoms with Gasteiger partial charge in [0.1, 0.15) is 17.5 Å². The third kappa shape index (κ3) is 3.99. The number of pyridine rings is 1. The number of ether oxygens (including phenoxy) is 3. The van der Waals surface area contributed by atoms with Crippen molar-refractivity contribution in [2.24, 2.45) is 0 Å². The van der Waals surface area contributed by atoms with Crippen molar-refractivity contribution in [3.8, 4) is 17.2 Å². The SMILES string of the molecule is CC1(C)Cc2cccc(OCC(=O)N3CC[C@H](Oc4ccncc4)C3)c2O1. The molecular weight excluding hydrogens is 344 g/mol. The lowest BCUT2D eigenvalue weighted by Gasteiger charge is -2.19. The molecule has 2 aliphatic rings. The van der Waals surface area contributed by atoms with E-state index >= 15 is 0 Å². The zero-order chi connectivity index (χ0) is 18.9. The molecule has 0 N–H and O–H groups in total. The van der Waals surface area contributed by atoms with Crippen molar-refractivity contribution in [1.82, 2.24) is 9.88 Å². The van der Waals surface area contributed by atoms with Gasteiger partial charge in [-0.25, -0.2) is 0 Å². The van der Waals surface area contributed by atoms with E-state index in [0.29, 0.717) is 18.8 Å². The van der Waals surface area contributed by atoms with Crippen molar-refractivity contribution in [3.05, 3.63) is 48.3 Å². The van der Waals surface area contributed by atoms with Gasteiger partial charge in [0, 0.05) is 37.3 Å². The maximum atomic E-state index is 12.5. The molecule has 0 spiro atoms. The van der Waals surface area contributed by atoms with Crippen molar-refractivity contribution < 1.29 is 19.0 Å². The highest BCUT2D eigenvalue weighted by Crippen LogP contribution is 2.41. The Hall–Kier alpha value is -2.76. The second kappa shape index (κ2) is 7.10. The van der Waals surface area contributed by atoms with Gasteiger partial charge in [-0.3, -0.25) is 9.78 Å². The van der Waals surface area contributed by atoms with Crippen LogP contribution in [-0.4, -0.2) is 47.2 Å². The molecule has 6 nitrogen and oxygen atoms in total. The summed E-state index contributed by atoms with van der Waals surface area (Å²) in [6, 6.07) is 9.49. The summed E-state index contributed by atoms with van der Waals surface area (Å²) in [5.41, 5.74) is 0.884. The lowest BCUT2D eigenvalue weighted by molar-refractivity contribution is -0.132. The van der Waals surface area contributed by atoms with E-state index in [1.165, 1.54) is 0 Å². The highest BCUT2D eigenvalue weighted by atomic mass is 16.5. The number of benzene rings is 1. The number of likely N-dealkylation sites (tertiary alicyclic amines) is 1. The summed E-state index contributed by atoms with van der Waals surface area (Å²) in [5, 5.41) is 0. The largest absolute Gasteiger partial charge is 0.488 e. The van der Waals surface area contributed by atoms with Gasteiger partial charge in [0.05, 0.1) is 6.54 Å². The van der Waals surface area contributed by atoms with Crippen molar-refractivity contribution in [1.29, 1.82) is 0 Å². The second-order valence-electron chi connectivity index (χ2n) is 7.62. The third-order valence-corrected chi connectivity index (χ3v) is 4.86. The number of fused-ring (bicyclic) bond motifs is 1. The smallest absolute Gasteiger partial charge is 0.260 e. The van der Waals surface area contributed by atoms with Crippen LogP contribution in [0.5, 0.6) is 17.2 Å². The van der Waals surface area contributed by atoms with E-state index in [1.54, 1.807) is 17.3 Å². The monoisotopic (exact) mass is 368 g/mol.